The fraction of sp³-hybridized carbons (Fsp3) is 0.357. The fourth-order valence-electron chi connectivity index (χ4n) is 1.65. The molecule has 0 radical (unpaired) electrons. The van der Waals surface area contributed by atoms with E-state index in [4.69, 9.17) is 11.6 Å². The Hall–Kier alpha value is -0.550. The van der Waals surface area contributed by atoms with Crippen molar-refractivity contribution in [2.75, 3.05) is 6.54 Å². The molecule has 0 spiro atoms. The summed E-state index contributed by atoms with van der Waals surface area (Å²) in [5, 5.41) is 5.32. The first-order valence-electron chi connectivity index (χ1n) is 6.24. The quantitative estimate of drug-likeness (QED) is 0.795. The smallest absolute Gasteiger partial charge is 0.103 e. The predicted octanol–water partition coefficient (Wildman–Crippen LogP) is 4.51. The average Bonchev–Trinajstić information content (AvgIpc) is 2.76. The molecule has 0 atom stereocenters. The van der Waals surface area contributed by atoms with Gasteiger partial charge in [-0.25, -0.2) is 4.98 Å². The number of benzene rings is 1. The van der Waals surface area contributed by atoms with Crippen molar-refractivity contribution in [2.24, 2.45) is 0 Å². The van der Waals surface area contributed by atoms with E-state index in [1.54, 1.807) is 23.1 Å². The van der Waals surface area contributed by atoms with Gasteiger partial charge in [-0.15, -0.1) is 23.1 Å². The summed E-state index contributed by atoms with van der Waals surface area (Å²) in [7, 11) is 0. The van der Waals surface area contributed by atoms with Crippen molar-refractivity contribution in [3.63, 3.8) is 0 Å². The first kappa shape index (κ1) is 14.9. The molecule has 2 aromatic rings. The normalized spacial score (nSPS) is 10.9. The zero-order valence-corrected chi connectivity index (χ0v) is 13.5. The van der Waals surface area contributed by atoms with E-state index < -0.39 is 0 Å². The highest BCUT2D eigenvalue weighted by molar-refractivity contribution is 7.98. The van der Waals surface area contributed by atoms with Gasteiger partial charge in [0.2, 0.25) is 0 Å². The number of aromatic nitrogens is 1. The lowest BCUT2D eigenvalue weighted by atomic mass is 10.4. The Labute approximate surface area is 127 Å². The molecule has 1 N–H and O–H groups in total. The molecular weight excluding hydrogens is 296 g/mol. The van der Waals surface area contributed by atoms with E-state index in [1.165, 1.54) is 4.88 Å². The number of thiazole rings is 1. The van der Waals surface area contributed by atoms with E-state index in [9.17, 15) is 0 Å². The second-order valence-corrected chi connectivity index (χ2v) is 6.71. The Morgan fingerprint density at radius 3 is 2.89 bits per heavy atom. The monoisotopic (exact) mass is 312 g/mol. The van der Waals surface area contributed by atoms with Crippen LogP contribution in [0.25, 0.3) is 0 Å². The summed E-state index contributed by atoms with van der Waals surface area (Å²) in [6.45, 7) is 6.09. The molecule has 0 fully saturated rings. The van der Waals surface area contributed by atoms with Gasteiger partial charge in [0, 0.05) is 16.3 Å². The maximum atomic E-state index is 6.15. The zero-order valence-electron chi connectivity index (χ0n) is 11.1. The van der Waals surface area contributed by atoms with Crippen molar-refractivity contribution in [3.8, 4) is 0 Å². The largest absolute Gasteiger partial charge is 0.312 e. The van der Waals surface area contributed by atoms with Crippen LogP contribution in [0.2, 0.25) is 5.02 Å². The number of nitrogens with zero attached hydrogens (tertiary/aromatic N) is 1. The standard InChI is InChI=1S/C14H17ClN2S2/c1-3-16-8-13-10(2)17-14(19-13)9-18-12-7-5-4-6-11(12)15/h4-7,16H,3,8-9H2,1-2H3. The second-order valence-electron chi connectivity index (χ2n) is 4.12. The lowest BCUT2D eigenvalue weighted by Gasteiger charge is -2.01. The molecule has 1 aromatic carbocycles. The number of halogens is 1. The van der Waals surface area contributed by atoms with Crippen molar-refractivity contribution in [2.45, 2.75) is 31.0 Å². The molecule has 1 heterocycles. The molecule has 0 aliphatic carbocycles. The lowest BCUT2D eigenvalue weighted by Crippen LogP contribution is -2.11. The average molecular weight is 313 g/mol. The van der Waals surface area contributed by atoms with Crippen LogP contribution >= 0.6 is 34.7 Å². The van der Waals surface area contributed by atoms with Gasteiger partial charge in [-0.1, -0.05) is 30.7 Å². The Balaban J connectivity index is 1.98. The molecule has 0 amide bonds. The molecule has 2 rings (SSSR count). The Bertz CT molecular complexity index is 540. The third kappa shape index (κ3) is 4.21. The Morgan fingerprint density at radius 2 is 2.16 bits per heavy atom. The minimum absolute atomic E-state index is 0.814. The molecule has 0 bridgehead atoms. The van der Waals surface area contributed by atoms with E-state index >= 15 is 0 Å². The minimum atomic E-state index is 0.814. The highest BCUT2D eigenvalue weighted by Gasteiger charge is 2.08. The van der Waals surface area contributed by atoms with Crippen molar-refractivity contribution in [1.82, 2.24) is 10.3 Å². The predicted molar refractivity (Wildman–Crippen MR) is 85.2 cm³/mol. The van der Waals surface area contributed by atoms with Gasteiger partial charge >= 0.3 is 0 Å². The van der Waals surface area contributed by atoms with Crippen LogP contribution in [-0.2, 0) is 12.3 Å². The summed E-state index contributed by atoms with van der Waals surface area (Å²) in [6.07, 6.45) is 0. The third-order valence-electron chi connectivity index (χ3n) is 2.66. The topological polar surface area (TPSA) is 24.9 Å². The fourth-order valence-corrected chi connectivity index (χ4v) is 3.92. The lowest BCUT2D eigenvalue weighted by molar-refractivity contribution is 0.731. The number of thioether (sulfide) groups is 1. The maximum absolute atomic E-state index is 6.15. The van der Waals surface area contributed by atoms with E-state index in [2.05, 4.69) is 24.1 Å². The van der Waals surface area contributed by atoms with Crippen LogP contribution in [0.4, 0.5) is 0 Å². The van der Waals surface area contributed by atoms with E-state index in [1.807, 2.05) is 24.3 Å². The van der Waals surface area contributed by atoms with Crippen LogP contribution < -0.4 is 5.32 Å². The van der Waals surface area contributed by atoms with Gasteiger partial charge in [0.05, 0.1) is 16.5 Å². The van der Waals surface area contributed by atoms with Crippen molar-refractivity contribution in [3.05, 3.63) is 44.9 Å². The summed E-state index contributed by atoms with van der Waals surface area (Å²) in [5.74, 6) is 0.876. The molecule has 2 nitrogen and oxygen atoms in total. The number of aryl methyl sites for hydroxylation is 1. The van der Waals surface area contributed by atoms with Crippen LogP contribution in [0.5, 0.6) is 0 Å². The van der Waals surface area contributed by atoms with Gasteiger partial charge < -0.3 is 5.32 Å². The summed E-state index contributed by atoms with van der Waals surface area (Å²) >= 11 is 9.68. The molecule has 1 aromatic heterocycles. The van der Waals surface area contributed by atoms with E-state index in [-0.39, 0.29) is 0 Å². The molecule has 5 heteroatoms. The number of nitrogens with one attached hydrogen (secondary N) is 1. The van der Waals surface area contributed by atoms with Gasteiger partial charge in [-0.2, -0.15) is 0 Å². The molecule has 19 heavy (non-hydrogen) atoms. The van der Waals surface area contributed by atoms with Gasteiger partial charge in [0.1, 0.15) is 5.01 Å². The Morgan fingerprint density at radius 1 is 1.37 bits per heavy atom. The summed E-state index contributed by atoms with van der Waals surface area (Å²) < 4.78 is 0. The number of hydrogen-bond donors (Lipinski definition) is 1. The molecule has 0 saturated heterocycles. The minimum Gasteiger partial charge on any atom is -0.312 e. The van der Waals surface area contributed by atoms with Crippen molar-refractivity contribution < 1.29 is 0 Å². The van der Waals surface area contributed by atoms with Crippen LogP contribution in [0, 0.1) is 6.92 Å². The van der Waals surface area contributed by atoms with Gasteiger partial charge in [-0.05, 0) is 25.6 Å². The third-order valence-corrected chi connectivity index (χ3v) is 5.53. The second kappa shape index (κ2) is 7.29. The van der Waals surface area contributed by atoms with Crippen molar-refractivity contribution >= 4 is 34.7 Å². The SMILES string of the molecule is CCNCc1sc(CSc2ccccc2Cl)nc1C. The molecule has 0 aliphatic rings. The summed E-state index contributed by atoms with van der Waals surface area (Å²) in [5.41, 5.74) is 1.14. The molecule has 0 aliphatic heterocycles. The highest BCUT2D eigenvalue weighted by Crippen LogP contribution is 2.31. The summed E-state index contributed by atoms with van der Waals surface area (Å²) in [6, 6.07) is 7.94. The Kier molecular flexibility index (Phi) is 5.70. The number of rotatable bonds is 6. The zero-order chi connectivity index (χ0) is 13.7. The van der Waals surface area contributed by atoms with E-state index in [0.717, 1.165) is 39.5 Å². The van der Waals surface area contributed by atoms with Crippen LogP contribution in [0.1, 0.15) is 22.5 Å². The van der Waals surface area contributed by atoms with Gasteiger partial charge in [0.25, 0.3) is 0 Å². The first-order valence-corrected chi connectivity index (χ1v) is 8.42. The van der Waals surface area contributed by atoms with Crippen molar-refractivity contribution in [1.29, 1.82) is 0 Å². The summed E-state index contributed by atoms with van der Waals surface area (Å²) in [4.78, 5) is 7.07. The number of hydrogen-bond acceptors (Lipinski definition) is 4. The van der Waals surface area contributed by atoms with Crippen LogP contribution in [0.15, 0.2) is 29.2 Å². The highest BCUT2D eigenvalue weighted by atomic mass is 35.5. The van der Waals surface area contributed by atoms with Crippen LogP contribution in [0.3, 0.4) is 0 Å². The van der Waals surface area contributed by atoms with E-state index in [0.29, 0.717) is 0 Å². The molecule has 0 saturated carbocycles. The maximum Gasteiger partial charge on any atom is 0.103 e. The van der Waals surface area contributed by atoms with Gasteiger partial charge in [-0.3, -0.25) is 0 Å². The first-order chi connectivity index (χ1) is 9.20. The van der Waals surface area contributed by atoms with Crippen LogP contribution in [-0.4, -0.2) is 11.5 Å². The molecule has 102 valence electrons. The molecule has 0 unspecified atom stereocenters. The van der Waals surface area contributed by atoms with Gasteiger partial charge in [0.15, 0.2) is 0 Å². The molecular formula is C14H17ClN2S2.